The summed E-state index contributed by atoms with van der Waals surface area (Å²) < 4.78 is 24.7. The third-order valence-corrected chi connectivity index (χ3v) is 1.85. The Bertz CT molecular complexity index is 470. The first-order valence-corrected chi connectivity index (χ1v) is 4.07. The summed E-state index contributed by atoms with van der Waals surface area (Å²) in [6.45, 7) is -0.310. The SMILES string of the molecule is N#Cc1nc(C(F)F)cc([N+](=O)[O-])c1CN. The van der Waals surface area contributed by atoms with Crippen molar-refractivity contribution in [1.82, 2.24) is 4.98 Å². The zero-order valence-electron chi connectivity index (χ0n) is 7.85. The monoisotopic (exact) mass is 228 g/mol. The number of aromatic nitrogens is 1. The van der Waals surface area contributed by atoms with Crippen molar-refractivity contribution in [1.29, 1.82) is 5.26 Å². The molecule has 84 valence electrons. The number of alkyl halides is 2. The first kappa shape index (κ1) is 11.9. The molecule has 6 nitrogen and oxygen atoms in total. The third kappa shape index (κ3) is 2.09. The van der Waals surface area contributed by atoms with E-state index in [0.717, 1.165) is 0 Å². The molecule has 0 unspecified atom stereocenters. The number of rotatable bonds is 3. The molecule has 0 amide bonds. The lowest BCUT2D eigenvalue weighted by Crippen LogP contribution is -2.08. The average molecular weight is 228 g/mol. The summed E-state index contributed by atoms with van der Waals surface area (Å²) in [7, 11) is 0. The van der Waals surface area contributed by atoms with Crippen LogP contribution >= 0.6 is 0 Å². The Hall–Kier alpha value is -2.14. The highest BCUT2D eigenvalue weighted by molar-refractivity contribution is 5.48. The summed E-state index contributed by atoms with van der Waals surface area (Å²) in [5.74, 6) is 0. The van der Waals surface area contributed by atoms with Crippen LogP contribution in [0.1, 0.15) is 23.4 Å². The Balaban J connectivity index is 3.51. The van der Waals surface area contributed by atoms with E-state index in [1.807, 2.05) is 0 Å². The summed E-state index contributed by atoms with van der Waals surface area (Å²) in [4.78, 5) is 13.0. The Labute approximate surface area is 88.5 Å². The number of hydrogen-bond acceptors (Lipinski definition) is 5. The summed E-state index contributed by atoms with van der Waals surface area (Å²) in [6.07, 6.45) is -2.97. The van der Waals surface area contributed by atoms with Crippen molar-refractivity contribution in [3.05, 3.63) is 33.1 Å². The number of hydrogen-bond donors (Lipinski definition) is 1. The van der Waals surface area contributed by atoms with Gasteiger partial charge in [-0.1, -0.05) is 0 Å². The lowest BCUT2D eigenvalue weighted by atomic mass is 10.1. The van der Waals surface area contributed by atoms with Crippen LogP contribution < -0.4 is 5.73 Å². The maximum atomic E-state index is 12.3. The largest absolute Gasteiger partial charge is 0.326 e. The lowest BCUT2D eigenvalue weighted by Gasteiger charge is -2.04. The van der Waals surface area contributed by atoms with Gasteiger partial charge >= 0.3 is 0 Å². The molecule has 1 aromatic rings. The van der Waals surface area contributed by atoms with Crippen LogP contribution in [0, 0.1) is 21.4 Å². The van der Waals surface area contributed by atoms with Gasteiger partial charge in [-0.3, -0.25) is 10.1 Å². The van der Waals surface area contributed by atoms with Crippen LogP contribution in [-0.4, -0.2) is 9.91 Å². The standard InChI is InChI=1S/C8H6F2N4O2/c9-8(10)5-1-7(14(15)16)4(2-11)6(3-12)13-5/h1,8H,2,11H2. The highest BCUT2D eigenvalue weighted by Gasteiger charge is 2.23. The molecular weight excluding hydrogens is 222 g/mol. The van der Waals surface area contributed by atoms with Crippen molar-refractivity contribution >= 4 is 5.69 Å². The molecule has 0 radical (unpaired) electrons. The van der Waals surface area contributed by atoms with Gasteiger partial charge in [0.05, 0.1) is 10.5 Å². The van der Waals surface area contributed by atoms with Crippen LogP contribution in [0.2, 0.25) is 0 Å². The first-order valence-electron chi connectivity index (χ1n) is 4.07. The smallest absolute Gasteiger partial charge is 0.280 e. The number of nitrogens with zero attached hydrogens (tertiary/aromatic N) is 3. The molecule has 0 atom stereocenters. The maximum absolute atomic E-state index is 12.3. The molecule has 0 fully saturated rings. The number of halogens is 2. The fourth-order valence-corrected chi connectivity index (χ4v) is 1.15. The third-order valence-electron chi connectivity index (χ3n) is 1.85. The van der Waals surface area contributed by atoms with Gasteiger partial charge in [-0.05, 0) is 0 Å². The van der Waals surface area contributed by atoms with E-state index in [0.29, 0.717) is 6.07 Å². The second-order valence-electron chi connectivity index (χ2n) is 2.77. The topological polar surface area (TPSA) is 106 Å². The van der Waals surface area contributed by atoms with Crippen molar-refractivity contribution in [2.45, 2.75) is 13.0 Å². The van der Waals surface area contributed by atoms with Crippen LogP contribution in [0.3, 0.4) is 0 Å². The Morgan fingerprint density at radius 1 is 1.69 bits per heavy atom. The number of nitriles is 1. The molecule has 0 saturated heterocycles. The van der Waals surface area contributed by atoms with Gasteiger partial charge in [-0.2, -0.15) is 5.26 Å². The van der Waals surface area contributed by atoms with Crippen molar-refractivity contribution in [2.75, 3.05) is 0 Å². The van der Waals surface area contributed by atoms with E-state index in [1.165, 1.54) is 6.07 Å². The number of pyridine rings is 1. The Morgan fingerprint density at radius 2 is 2.31 bits per heavy atom. The summed E-state index contributed by atoms with van der Waals surface area (Å²) in [5.41, 5.74) is 3.22. The molecule has 0 aliphatic rings. The lowest BCUT2D eigenvalue weighted by molar-refractivity contribution is -0.385. The highest BCUT2D eigenvalue weighted by Crippen LogP contribution is 2.26. The molecule has 0 aliphatic heterocycles. The van der Waals surface area contributed by atoms with Crippen LogP contribution in [0.4, 0.5) is 14.5 Å². The predicted octanol–water partition coefficient (Wildman–Crippen LogP) is 1.26. The molecular formula is C8H6F2N4O2. The molecule has 0 aliphatic carbocycles. The first-order chi connectivity index (χ1) is 7.51. The molecule has 1 aromatic heterocycles. The van der Waals surface area contributed by atoms with E-state index in [9.17, 15) is 18.9 Å². The van der Waals surface area contributed by atoms with Gasteiger partial charge in [0.1, 0.15) is 11.8 Å². The second-order valence-corrected chi connectivity index (χ2v) is 2.77. The Morgan fingerprint density at radius 3 is 2.69 bits per heavy atom. The fourth-order valence-electron chi connectivity index (χ4n) is 1.15. The normalized spacial score (nSPS) is 10.2. The molecule has 0 spiro atoms. The van der Waals surface area contributed by atoms with Crippen LogP contribution in [0.15, 0.2) is 6.07 Å². The van der Waals surface area contributed by atoms with Crippen molar-refractivity contribution in [3.8, 4) is 6.07 Å². The van der Waals surface area contributed by atoms with Gasteiger partial charge in [0, 0.05) is 12.6 Å². The number of nitro groups is 1. The quantitative estimate of drug-likeness (QED) is 0.619. The zero-order valence-corrected chi connectivity index (χ0v) is 7.85. The average Bonchev–Trinajstić information content (AvgIpc) is 2.26. The van der Waals surface area contributed by atoms with Gasteiger partial charge in [0.25, 0.3) is 12.1 Å². The van der Waals surface area contributed by atoms with Crippen molar-refractivity contribution in [2.24, 2.45) is 5.73 Å². The van der Waals surface area contributed by atoms with Gasteiger partial charge < -0.3 is 5.73 Å². The highest BCUT2D eigenvalue weighted by atomic mass is 19.3. The molecule has 1 heterocycles. The van der Waals surface area contributed by atoms with Gasteiger partial charge in [0.15, 0.2) is 5.69 Å². The van der Waals surface area contributed by atoms with Gasteiger partial charge in [0.2, 0.25) is 0 Å². The van der Waals surface area contributed by atoms with Gasteiger partial charge in [-0.15, -0.1) is 0 Å². The molecule has 1 rings (SSSR count). The van der Waals surface area contributed by atoms with E-state index < -0.39 is 28.4 Å². The van der Waals surface area contributed by atoms with E-state index in [1.54, 1.807) is 0 Å². The predicted molar refractivity (Wildman–Crippen MR) is 48.5 cm³/mol. The van der Waals surface area contributed by atoms with Gasteiger partial charge in [-0.25, -0.2) is 13.8 Å². The summed E-state index contributed by atoms with van der Waals surface area (Å²) >= 11 is 0. The van der Waals surface area contributed by atoms with E-state index in [4.69, 9.17) is 11.0 Å². The number of nitrogens with two attached hydrogens (primary N) is 1. The summed E-state index contributed by atoms with van der Waals surface area (Å²) in [5, 5.41) is 19.2. The van der Waals surface area contributed by atoms with Crippen molar-refractivity contribution < 1.29 is 13.7 Å². The van der Waals surface area contributed by atoms with E-state index in [2.05, 4.69) is 4.98 Å². The second kappa shape index (κ2) is 4.59. The minimum absolute atomic E-state index is 0.142. The van der Waals surface area contributed by atoms with Crippen molar-refractivity contribution in [3.63, 3.8) is 0 Å². The summed E-state index contributed by atoms with van der Waals surface area (Å²) in [6, 6.07) is 2.14. The molecule has 0 saturated carbocycles. The minimum Gasteiger partial charge on any atom is -0.326 e. The fraction of sp³-hybridized carbons (Fsp3) is 0.250. The molecule has 8 heteroatoms. The van der Waals surface area contributed by atoms with Crippen LogP contribution in [-0.2, 0) is 6.54 Å². The van der Waals surface area contributed by atoms with Crippen LogP contribution in [0.25, 0.3) is 0 Å². The molecule has 0 bridgehead atoms. The zero-order chi connectivity index (χ0) is 12.3. The van der Waals surface area contributed by atoms with E-state index in [-0.39, 0.29) is 12.1 Å². The molecule has 16 heavy (non-hydrogen) atoms. The Kier molecular flexibility index (Phi) is 3.42. The molecule has 0 aromatic carbocycles. The van der Waals surface area contributed by atoms with E-state index >= 15 is 0 Å². The molecule has 2 N–H and O–H groups in total. The minimum atomic E-state index is -2.97. The maximum Gasteiger partial charge on any atom is 0.280 e. The van der Waals surface area contributed by atoms with Crippen LogP contribution in [0.5, 0.6) is 0 Å².